The summed E-state index contributed by atoms with van der Waals surface area (Å²) in [5, 5.41) is 6.51. The van der Waals surface area contributed by atoms with E-state index in [9.17, 15) is 9.81 Å². The predicted molar refractivity (Wildman–Crippen MR) is 79.9 cm³/mol. The van der Waals surface area contributed by atoms with Crippen molar-refractivity contribution in [2.75, 3.05) is 20.6 Å². The maximum atomic E-state index is 11.7. The minimum absolute atomic E-state index is 0.186. The molecule has 0 saturated heterocycles. The number of hydrogen-bond donors (Lipinski definition) is 0. The van der Waals surface area contributed by atoms with Gasteiger partial charge in [0.1, 0.15) is 11.2 Å². The Bertz CT molecular complexity index is 490. The fourth-order valence-corrected chi connectivity index (χ4v) is 3.30. The van der Waals surface area contributed by atoms with Gasteiger partial charge in [-0.05, 0) is 49.8 Å². The van der Waals surface area contributed by atoms with E-state index in [0.717, 1.165) is 37.8 Å². The number of nitroso groups, excluding NO2 is 2. The minimum Gasteiger partial charge on any atom is -0.309 e. The number of rotatable bonds is 5. The van der Waals surface area contributed by atoms with E-state index in [-0.39, 0.29) is 5.92 Å². The Morgan fingerprint density at radius 1 is 1.30 bits per heavy atom. The van der Waals surface area contributed by atoms with Crippen molar-refractivity contribution >= 4 is 5.69 Å². The Hall–Kier alpha value is -1.62. The summed E-state index contributed by atoms with van der Waals surface area (Å²) in [5.41, 5.74) is 0.472. The van der Waals surface area contributed by atoms with E-state index in [4.69, 9.17) is 0 Å². The van der Waals surface area contributed by atoms with E-state index >= 15 is 0 Å². The summed E-state index contributed by atoms with van der Waals surface area (Å²) in [4.78, 5) is 24.5. The molecule has 1 saturated carbocycles. The lowest BCUT2D eigenvalue weighted by Crippen LogP contribution is -2.41. The van der Waals surface area contributed by atoms with Crippen molar-refractivity contribution < 1.29 is 0 Å². The highest BCUT2D eigenvalue weighted by molar-refractivity contribution is 5.43. The Morgan fingerprint density at radius 2 is 2.10 bits per heavy atom. The van der Waals surface area contributed by atoms with Crippen LogP contribution in [0.5, 0.6) is 0 Å². The number of benzene rings is 1. The van der Waals surface area contributed by atoms with Gasteiger partial charge in [0.05, 0.1) is 0 Å². The van der Waals surface area contributed by atoms with Crippen LogP contribution >= 0.6 is 0 Å². The van der Waals surface area contributed by atoms with E-state index in [0.29, 0.717) is 5.69 Å². The molecule has 0 amide bonds. The van der Waals surface area contributed by atoms with Gasteiger partial charge in [-0.15, -0.1) is 9.81 Å². The molecule has 0 heterocycles. The lowest BCUT2D eigenvalue weighted by atomic mass is 9.69. The highest BCUT2D eigenvalue weighted by atomic mass is 16.3. The molecule has 2 unspecified atom stereocenters. The summed E-state index contributed by atoms with van der Waals surface area (Å²) in [7, 11) is 4.02. The van der Waals surface area contributed by atoms with Gasteiger partial charge in [0.2, 0.25) is 0 Å². The van der Waals surface area contributed by atoms with Crippen LogP contribution in [0, 0.1) is 15.7 Å². The van der Waals surface area contributed by atoms with Crippen molar-refractivity contribution in [2.45, 2.75) is 31.2 Å². The first-order valence-corrected chi connectivity index (χ1v) is 7.05. The van der Waals surface area contributed by atoms with Crippen molar-refractivity contribution in [1.29, 1.82) is 0 Å². The van der Waals surface area contributed by atoms with Crippen molar-refractivity contribution in [3.05, 3.63) is 39.6 Å². The SMILES string of the molecule is CN(C)CC1CCCCC1(N=O)c1cccc(N=O)c1. The van der Waals surface area contributed by atoms with E-state index < -0.39 is 5.54 Å². The van der Waals surface area contributed by atoms with E-state index in [1.165, 1.54) is 0 Å². The number of nitrogens with zero attached hydrogens (tertiary/aromatic N) is 3. The normalized spacial score (nSPS) is 26.4. The molecule has 1 aliphatic carbocycles. The summed E-state index contributed by atoms with van der Waals surface area (Å²) in [6, 6.07) is 7.03. The molecule has 1 aromatic carbocycles. The van der Waals surface area contributed by atoms with E-state index in [2.05, 4.69) is 15.3 Å². The van der Waals surface area contributed by atoms with Crippen LogP contribution in [0.25, 0.3) is 0 Å². The molecular weight excluding hydrogens is 254 g/mol. The molecule has 0 bridgehead atoms. The third-order valence-electron chi connectivity index (χ3n) is 4.24. The summed E-state index contributed by atoms with van der Waals surface area (Å²) >= 11 is 0. The summed E-state index contributed by atoms with van der Waals surface area (Å²) < 4.78 is 0. The molecule has 2 atom stereocenters. The monoisotopic (exact) mass is 275 g/mol. The number of hydrogen-bond acceptors (Lipinski definition) is 5. The second kappa shape index (κ2) is 6.22. The lowest BCUT2D eigenvalue weighted by Gasteiger charge is -2.40. The van der Waals surface area contributed by atoms with Crippen molar-refractivity contribution in [3.8, 4) is 0 Å². The van der Waals surface area contributed by atoms with Crippen LogP contribution in [0.1, 0.15) is 31.2 Å². The molecule has 1 fully saturated rings. The summed E-state index contributed by atoms with van der Waals surface area (Å²) in [5.74, 6) is 0.186. The Labute approximate surface area is 119 Å². The van der Waals surface area contributed by atoms with Gasteiger partial charge in [-0.25, -0.2) is 0 Å². The van der Waals surface area contributed by atoms with Gasteiger partial charge >= 0.3 is 0 Å². The Kier molecular flexibility index (Phi) is 4.60. The van der Waals surface area contributed by atoms with Gasteiger partial charge in [0.25, 0.3) is 0 Å². The van der Waals surface area contributed by atoms with Gasteiger partial charge in [-0.3, -0.25) is 0 Å². The highest BCUT2D eigenvalue weighted by Gasteiger charge is 2.44. The zero-order valence-corrected chi connectivity index (χ0v) is 12.1. The first kappa shape index (κ1) is 14.8. The molecule has 5 nitrogen and oxygen atoms in total. The molecule has 0 spiro atoms. The van der Waals surface area contributed by atoms with Gasteiger partial charge < -0.3 is 4.90 Å². The smallest absolute Gasteiger partial charge is 0.132 e. The third-order valence-corrected chi connectivity index (χ3v) is 4.24. The molecule has 0 radical (unpaired) electrons. The van der Waals surface area contributed by atoms with E-state index in [1.54, 1.807) is 18.2 Å². The fourth-order valence-electron chi connectivity index (χ4n) is 3.30. The molecular formula is C15H21N3O2. The summed E-state index contributed by atoms with van der Waals surface area (Å²) in [6.45, 7) is 0.824. The highest BCUT2D eigenvalue weighted by Crippen LogP contribution is 2.45. The van der Waals surface area contributed by atoms with Crippen LogP contribution in [0.2, 0.25) is 0 Å². The largest absolute Gasteiger partial charge is 0.309 e. The van der Waals surface area contributed by atoms with Crippen LogP contribution in [0.3, 0.4) is 0 Å². The fraction of sp³-hybridized carbons (Fsp3) is 0.600. The van der Waals surface area contributed by atoms with Gasteiger partial charge in [0.15, 0.2) is 0 Å². The maximum Gasteiger partial charge on any atom is 0.132 e. The average molecular weight is 275 g/mol. The second-order valence-electron chi connectivity index (χ2n) is 5.86. The van der Waals surface area contributed by atoms with Crippen LogP contribution in [-0.2, 0) is 5.54 Å². The molecule has 1 aromatic rings. The Morgan fingerprint density at radius 3 is 2.75 bits per heavy atom. The van der Waals surface area contributed by atoms with Crippen molar-refractivity contribution in [1.82, 2.24) is 4.90 Å². The van der Waals surface area contributed by atoms with Gasteiger partial charge in [0, 0.05) is 12.5 Å². The van der Waals surface area contributed by atoms with Crippen LogP contribution in [-0.4, -0.2) is 25.5 Å². The maximum absolute atomic E-state index is 11.7. The third kappa shape index (κ3) is 2.77. The van der Waals surface area contributed by atoms with Gasteiger partial charge in [-0.1, -0.05) is 30.2 Å². The molecule has 0 aromatic heterocycles. The van der Waals surface area contributed by atoms with Crippen molar-refractivity contribution in [2.24, 2.45) is 16.3 Å². The predicted octanol–water partition coefficient (Wildman–Crippen LogP) is 3.80. The van der Waals surface area contributed by atoms with Crippen LogP contribution in [0.15, 0.2) is 34.6 Å². The first-order valence-electron chi connectivity index (χ1n) is 7.05. The minimum atomic E-state index is -0.719. The van der Waals surface area contributed by atoms with Crippen LogP contribution < -0.4 is 0 Å². The van der Waals surface area contributed by atoms with E-state index in [1.807, 2.05) is 20.2 Å². The van der Waals surface area contributed by atoms with Gasteiger partial charge in [-0.2, -0.15) is 0 Å². The lowest BCUT2D eigenvalue weighted by molar-refractivity contribution is 0.150. The zero-order chi connectivity index (χ0) is 14.6. The zero-order valence-electron chi connectivity index (χ0n) is 12.1. The summed E-state index contributed by atoms with van der Waals surface area (Å²) in [6.07, 6.45) is 3.86. The molecule has 2 rings (SSSR count). The first-order chi connectivity index (χ1) is 9.62. The quantitative estimate of drug-likeness (QED) is 0.768. The molecule has 0 aliphatic heterocycles. The molecule has 20 heavy (non-hydrogen) atoms. The Balaban J connectivity index is 2.42. The second-order valence-corrected chi connectivity index (χ2v) is 5.86. The molecule has 5 heteroatoms. The molecule has 0 N–H and O–H groups in total. The van der Waals surface area contributed by atoms with Crippen molar-refractivity contribution in [3.63, 3.8) is 0 Å². The topological polar surface area (TPSA) is 62.1 Å². The average Bonchev–Trinajstić information content (AvgIpc) is 2.47. The molecule has 108 valence electrons. The standard InChI is InChI=1S/C15H21N3O2/c1-18(2)11-13-6-3-4-9-15(13,17-20)12-7-5-8-14(10-12)16-19/h5,7-8,10,13H,3-4,6,9,11H2,1-2H3. The molecule has 1 aliphatic rings. The van der Waals surface area contributed by atoms with Crippen LogP contribution in [0.4, 0.5) is 5.69 Å².